The molecule has 1 aliphatic heterocycles. The van der Waals surface area contributed by atoms with Gasteiger partial charge >= 0.3 is 0 Å². The summed E-state index contributed by atoms with van der Waals surface area (Å²) in [7, 11) is 0. The zero-order valence-electron chi connectivity index (χ0n) is 20.1. The SMILES string of the molecule is CC(C)C.Clc1ccccc1.N#CC1CNCC1c1cccc(Cl)c1.O=CNCCC(O)CO. The summed E-state index contributed by atoms with van der Waals surface area (Å²) in [6.07, 6.45) is 0.247. The minimum Gasteiger partial charge on any atom is -0.394 e. The Morgan fingerprint density at radius 2 is 1.74 bits per heavy atom. The standard InChI is InChI=1S/C11H11ClN2.C6H5Cl.C5H11NO3.C4H10/c12-10-3-1-2-8(4-10)11-7-14-6-9(11)5-13;7-6-4-2-1-3-5-6;7-3-5(9)1-2-6-4-8;1-4(2)3/h1-4,9,11,14H,6-7H2;1-5H;4-5,7,9H,1-3H2,(H,6,8);4H,1-3H3. The second-order valence-corrected chi connectivity index (χ2v) is 9.15. The average Bonchev–Trinajstić information content (AvgIpc) is 3.29. The quantitative estimate of drug-likeness (QED) is 0.335. The number of hydrogen-bond donors (Lipinski definition) is 4. The molecule has 0 radical (unpaired) electrons. The van der Waals surface area contributed by atoms with Crippen LogP contribution in [0.3, 0.4) is 0 Å². The van der Waals surface area contributed by atoms with Gasteiger partial charge in [0.15, 0.2) is 0 Å². The fourth-order valence-corrected chi connectivity index (χ4v) is 3.06. The van der Waals surface area contributed by atoms with Crippen molar-refractivity contribution in [3.05, 3.63) is 70.2 Å². The number of aliphatic hydroxyl groups excluding tert-OH is 2. The highest BCUT2D eigenvalue weighted by atomic mass is 35.5. The minimum absolute atomic E-state index is 0.0773. The molecule has 0 aromatic heterocycles. The molecule has 0 spiro atoms. The van der Waals surface area contributed by atoms with Crippen LogP contribution in [-0.4, -0.2) is 49.0 Å². The molecule has 4 N–H and O–H groups in total. The van der Waals surface area contributed by atoms with Crippen LogP contribution in [0.4, 0.5) is 0 Å². The van der Waals surface area contributed by atoms with E-state index in [1.165, 1.54) is 0 Å². The van der Waals surface area contributed by atoms with Gasteiger partial charge in [0.25, 0.3) is 0 Å². The van der Waals surface area contributed by atoms with Crippen molar-refractivity contribution < 1.29 is 15.0 Å². The Morgan fingerprint density at radius 3 is 2.21 bits per heavy atom. The smallest absolute Gasteiger partial charge is 0.207 e. The van der Waals surface area contributed by atoms with E-state index in [1.807, 2.05) is 54.6 Å². The molecule has 1 fully saturated rings. The molecule has 1 amide bonds. The number of benzene rings is 2. The van der Waals surface area contributed by atoms with Gasteiger partial charge in [-0.25, -0.2) is 0 Å². The van der Waals surface area contributed by atoms with Crippen molar-refractivity contribution in [1.82, 2.24) is 10.6 Å². The van der Waals surface area contributed by atoms with Crippen LogP contribution in [0.25, 0.3) is 0 Å². The maximum absolute atomic E-state index is 9.62. The predicted octanol–water partition coefficient (Wildman–Crippen LogP) is 4.64. The number of nitrogens with zero attached hydrogens (tertiary/aromatic N) is 1. The summed E-state index contributed by atoms with van der Waals surface area (Å²) in [5.74, 6) is 1.20. The Balaban J connectivity index is 0.000000472. The van der Waals surface area contributed by atoms with Crippen LogP contribution in [-0.2, 0) is 4.79 Å². The fourth-order valence-electron chi connectivity index (χ4n) is 2.72. The molecule has 188 valence electrons. The van der Waals surface area contributed by atoms with Crippen LogP contribution >= 0.6 is 23.2 Å². The van der Waals surface area contributed by atoms with E-state index in [-0.39, 0.29) is 12.5 Å². The number of halogens is 2. The van der Waals surface area contributed by atoms with E-state index in [9.17, 15) is 4.79 Å². The number of aliphatic hydroxyl groups is 2. The molecule has 1 saturated heterocycles. The number of rotatable bonds is 6. The lowest BCUT2D eigenvalue weighted by atomic mass is 9.90. The van der Waals surface area contributed by atoms with Gasteiger partial charge in [-0.15, -0.1) is 0 Å². The monoisotopic (exact) mass is 509 g/mol. The number of carbonyl (C=O) groups is 1. The lowest BCUT2D eigenvalue weighted by Gasteiger charge is -2.12. The lowest BCUT2D eigenvalue weighted by Crippen LogP contribution is -2.21. The van der Waals surface area contributed by atoms with E-state index in [0.29, 0.717) is 25.3 Å². The molecular weight excluding hydrogens is 473 g/mol. The van der Waals surface area contributed by atoms with Crippen LogP contribution < -0.4 is 10.6 Å². The molecule has 2 aromatic carbocycles. The highest BCUT2D eigenvalue weighted by Gasteiger charge is 2.28. The Kier molecular flexibility index (Phi) is 19.0. The number of amides is 1. The van der Waals surface area contributed by atoms with Gasteiger partial charge in [-0.05, 0) is 42.2 Å². The van der Waals surface area contributed by atoms with Gasteiger partial charge in [-0.2, -0.15) is 5.26 Å². The highest BCUT2D eigenvalue weighted by Crippen LogP contribution is 2.28. The predicted molar refractivity (Wildman–Crippen MR) is 140 cm³/mol. The van der Waals surface area contributed by atoms with E-state index >= 15 is 0 Å². The normalized spacial score (nSPS) is 16.9. The Morgan fingerprint density at radius 1 is 1.12 bits per heavy atom. The minimum atomic E-state index is -0.711. The van der Waals surface area contributed by atoms with Gasteiger partial charge < -0.3 is 20.8 Å². The van der Waals surface area contributed by atoms with Crippen LogP contribution in [0, 0.1) is 23.2 Å². The first-order valence-corrected chi connectivity index (χ1v) is 12.0. The van der Waals surface area contributed by atoms with Crippen LogP contribution in [0.15, 0.2) is 54.6 Å². The van der Waals surface area contributed by atoms with Crippen molar-refractivity contribution in [2.45, 2.75) is 39.2 Å². The maximum atomic E-state index is 9.62. The van der Waals surface area contributed by atoms with Crippen LogP contribution in [0.1, 0.15) is 38.7 Å². The molecule has 1 heterocycles. The van der Waals surface area contributed by atoms with Gasteiger partial charge in [-0.1, -0.05) is 74.3 Å². The third kappa shape index (κ3) is 16.5. The summed E-state index contributed by atoms with van der Waals surface area (Å²) in [5.41, 5.74) is 1.16. The maximum Gasteiger partial charge on any atom is 0.207 e. The van der Waals surface area contributed by atoms with Gasteiger partial charge in [0.1, 0.15) is 0 Å². The molecule has 3 atom stereocenters. The Bertz CT molecular complexity index is 814. The molecule has 3 unspecified atom stereocenters. The van der Waals surface area contributed by atoms with Gasteiger partial charge in [0.05, 0.1) is 24.7 Å². The summed E-state index contributed by atoms with van der Waals surface area (Å²) in [6, 6.07) is 19.5. The second kappa shape index (κ2) is 20.3. The molecule has 34 heavy (non-hydrogen) atoms. The van der Waals surface area contributed by atoms with E-state index in [4.69, 9.17) is 38.7 Å². The summed E-state index contributed by atoms with van der Waals surface area (Å²) >= 11 is 11.5. The van der Waals surface area contributed by atoms with E-state index < -0.39 is 6.10 Å². The lowest BCUT2D eigenvalue weighted by molar-refractivity contribution is -0.109. The Labute approximate surface area is 213 Å². The van der Waals surface area contributed by atoms with Crippen LogP contribution in [0.2, 0.25) is 10.0 Å². The zero-order valence-corrected chi connectivity index (χ0v) is 21.6. The van der Waals surface area contributed by atoms with Crippen molar-refractivity contribution in [2.75, 3.05) is 26.2 Å². The number of carbonyl (C=O) groups excluding carboxylic acids is 1. The molecular formula is C26H37Cl2N3O3. The fraction of sp³-hybridized carbons (Fsp3) is 0.462. The van der Waals surface area contributed by atoms with Crippen molar-refractivity contribution in [3.8, 4) is 6.07 Å². The molecule has 0 aliphatic carbocycles. The van der Waals surface area contributed by atoms with Crippen molar-refractivity contribution in [2.24, 2.45) is 11.8 Å². The summed E-state index contributed by atoms with van der Waals surface area (Å²) in [6.45, 7) is 8.32. The van der Waals surface area contributed by atoms with Crippen molar-refractivity contribution in [1.29, 1.82) is 5.26 Å². The van der Waals surface area contributed by atoms with E-state index in [1.54, 1.807) is 0 Å². The Hall–Kier alpha value is -2.14. The first-order chi connectivity index (χ1) is 16.2. The van der Waals surface area contributed by atoms with Crippen molar-refractivity contribution >= 4 is 29.6 Å². The molecule has 6 nitrogen and oxygen atoms in total. The largest absolute Gasteiger partial charge is 0.394 e. The van der Waals surface area contributed by atoms with Gasteiger partial charge in [-0.3, -0.25) is 4.79 Å². The summed E-state index contributed by atoms with van der Waals surface area (Å²) in [5, 5.41) is 33.0. The topological polar surface area (TPSA) is 105 Å². The van der Waals surface area contributed by atoms with Crippen molar-refractivity contribution in [3.63, 3.8) is 0 Å². The average molecular weight is 511 g/mol. The van der Waals surface area contributed by atoms with Gasteiger partial charge in [0, 0.05) is 35.6 Å². The molecule has 2 aromatic rings. The molecule has 3 rings (SSSR count). The highest BCUT2D eigenvalue weighted by molar-refractivity contribution is 6.30. The van der Waals surface area contributed by atoms with Gasteiger partial charge in [0.2, 0.25) is 6.41 Å². The first kappa shape index (κ1) is 31.9. The number of nitriles is 1. The third-order valence-electron chi connectivity index (χ3n) is 4.31. The number of nitrogens with one attached hydrogen (secondary N) is 2. The molecule has 0 saturated carbocycles. The first-order valence-electron chi connectivity index (χ1n) is 11.3. The molecule has 0 bridgehead atoms. The van der Waals surface area contributed by atoms with E-state index in [2.05, 4.69) is 37.5 Å². The molecule has 1 aliphatic rings. The zero-order chi connectivity index (χ0) is 25.8. The summed E-state index contributed by atoms with van der Waals surface area (Å²) < 4.78 is 0. The van der Waals surface area contributed by atoms with E-state index in [0.717, 1.165) is 34.6 Å². The molecule has 8 heteroatoms. The van der Waals surface area contributed by atoms with Crippen LogP contribution in [0.5, 0.6) is 0 Å². The summed E-state index contributed by atoms with van der Waals surface area (Å²) in [4.78, 5) is 9.62. The third-order valence-corrected chi connectivity index (χ3v) is 4.79. The second-order valence-electron chi connectivity index (χ2n) is 8.28. The number of hydrogen-bond acceptors (Lipinski definition) is 5.